The van der Waals surface area contributed by atoms with Gasteiger partial charge in [0.15, 0.2) is 0 Å². The van der Waals surface area contributed by atoms with Crippen LogP contribution in [0, 0.1) is 5.92 Å². The molecule has 0 bridgehead atoms. The van der Waals surface area contributed by atoms with Crippen LogP contribution >= 0.6 is 0 Å². The van der Waals surface area contributed by atoms with Crippen LogP contribution in [0.3, 0.4) is 0 Å². The zero-order chi connectivity index (χ0) is 20.7. The van der Waals surface area contributed by atoms with Gasteiger partial charge in [-0.15, -0.1) is 0 Å². The number of sulfonamides is 1. The highest BCUT2D eigenvalue weighted by atomic mass is 32.2. The number of aryl methyl sites for hydroxylation is 2. The fraction of sp³-hybridized carbons (Fsp3) is 0.435. The molecule has 0 saturated carbocycles. The third-order valence-electron chi connectivity index (χ3n) is 5.49. The molecule has 2 aromatic rings. The Kier molecular flexibility index (Phi) is 7.45. The SMILES string of the molecule is CCc1ccc(NC(=O)C2CCCN(S(=O)(=O)CCCc3ccccc3)C2)cc1. The second-order valence-corrected chi connectivity index (χ2v) is 9.73. The Hall–Kier alpha value is -2.18. The van der Waals surface area contributed by atoms with E-state index in [9.17, 15) is 13.2 Å². The number of hydrogen-bond acceptors (Lipinski definition) is 3. The summed E-state index contributed by atoms with van der Waals surface area (Å²) in [7, 11) is -3.35. The molecule has 156 valence electrons. The molecule has 6 heteroatoms. The van der Waals surface area contributed by atoms with Gasteiger partial charge in [-0.3, -0.25) is 4.79 Å². The first-order valence-corrected chi connectivity index (χ1v) is 12.0. The molecular weight excluding hydrogens is 384 g/mol. The number of anilines is 1. The van der Waals surface area contributed by atoms with Crippen molar-refractivity contribution in [2.24, 2.45) is 5.92 Å². The Balaban J connectivity index is 1.53. The molecule has 0 aromatic heterocycles. The molecule has 1 unspecified atom stereocenters. The maximum Gasteiger partial charge on any atom is 0.228 e. The van der Waals surface area contributed by atoms with E-state index in [0.29, 0.717) is 19.4 Å². The molecule has 1 amide bonds. The first-order chi connectivity index (χ1) is 14.0. The summed E-state index contributed by atoms with van der Waals surface area (Å²) >= 11 is 0. The summed E-state index contributed by atoms with van der Waals surface area (Å²) in [5.41, 5.74) is 3.12. The average Bonchev–Trinajstić information content (AvgIpc) is 2.75. The molecule has 5 nitrogen and oxygen atoms in total. The zero-order valence-corrected chi connectivity index (χ0v) is 17.8. The fourth-order valence-electron chi connectivity index (χ4n) is 3.71. The number of piperidine rings is 1. The van der Waals surface area contributed by atoms with Crippen molar-refractivity contribution in [3.05, 3.63) is 65.7 Å². The predicted molar refractivity (Wildman–Crippen MR) is 117 cm³/mol. The highest BCUT2D eigenvalue weighted by Gasteiger charge is 2.32. The number of nitrogens with one attached hydrogen (secondary N) is 1. The minimum Gasteiger partial charge on any atom is -0.326 e. The van der Waals surface area contributed by atoms with E-state index in [-0.39, 0.29) is 24.1 Å². The Morgan fingerprint density at radius 1 is 1.07 bits per heavy atom. The second-order valence-electron chi connectivity index (χ2n) is 7.64. The lowest BCUT2D eigenvalue weighted by Gasteiger charge is -2.31. The van der Waals surface area contributed by atoms with Gasteiger partial charge in [-0.1, -0.05) is 49.4 Å². The van der Waals surface area contributed by atoms with Crippen molar-refractivity contribution >= 4 is 21.6 Å². The molecule has 1 atom stereocenters. The number of nitrogens with zero attached hydrogens (tertiary/aromatic N) is 1. The molecule has 1 heterocycles. The molecule has 1 saturated heterocycles. The van der Waals surface area contributed by atoms with Crippen LogP contribution < -0.4 is 5.32 Å². The van der Waals surface area contributed by atoms with Crippen LogP contribution in [0.25, 0.3) is 0 Å². The third-order valence-corrected chi connectivity index (χ3v) is 7.41. The Bertz CT molecular complexity index is 895. The second kappa shape index (κ2) is 10.0. The highest BCUT2D eigenvalue weighted by molar-refractivity contribution is 7.89. The topological polar surface area (TPSA) is 66.5 Å². The summed E-state index contributed by atoms with van der Waals surface area (Å²) in [6, 6.07) is 17.7. The van der Waals surface area contributed by atoms with E-state index in [2.05, 4.69) is 12.2 Å². The maximum absolute atomic E-state index is 12.8. The summed E-state index contributed by atoms with van der Waals surface area (Å²) in [5, 5.41) is 2.94. The minimum atomic E-state index is -3.35. The van der Waals surface area contributed by atoms with Crippen molar-refractivity contribution in [3.63, 3.8) is 0 Å². The van der Waals surface area contributed by atoms with Crippen molar-refractivity contribution in [1.82, 2.24) is 4.31 Å². The minimum absolute atomic E-state index is 0.0987. The van der Waals surface area contributed by atoms with Crippen LogP contribution in [0.4, 0.5) is 5.69 Å². The first kappa shape index (κ1) is 21.5. The summed E-state index contributed by atoms with van der Waals surface area (Å²) in [4.78, 5) is 12.7. The van der Waals surface area contributed by atoms with Crippen LogP contribution in [0.2, 0.25) is 0 Å². The van der Waals surface area contributed by atoms with Gasteiger partial charge in [0.2, 0.25) is 15.9 Å². The molecule has 0 aliphatic carbocycles. The van der Waals surface area contributed by atoms with Gasteiger partial charge < -0.3 is 5.32 Å². The summed E-state index contributed by atoms with van der Waals surface area (Å²) in [5.74, 6) is -0.286. The zero-order valence-electron chi connectivity index (χ0n) is 17.0. The smallest absolute Gasteiger partial charge is 0.228 e. The van der Waals surface area contributed by atoms with Gasteiger partial charge in [0.1, 0.15) is 0 Å². The molecule has 0 radical (unpaired) electrons. The number of amides is 1. The lowest BCUT2D eigenvalue weighted by molar-refractivity contribution is -0.120. The van der Waals surface area contributed by atoms with Crippen molar-refractivity contribution < 1.29 is 13.2 Å². The summed E-state index contributed by atoms with van der Waals surface area (Å²) in [6.07, 6.45) is 3.71. The van der Waals surface area contributed by atoms with Crippen LogP contribution in [0.1, 0.15) is 37.3 Å². The number of carbonyl (C=O) groups excluding carboxylic acids is 1. The van der Waals surface area contributed by atoms with Crippen LogP contribution in [0.5, 0.6) is 0 Å². The molecule has 3 rings (SSSR count). The Morgan fingerprint density at radius 3 is 2.48 bits per heavy atom. The van der Waals surface area contributed by atoms with Gasteiger partial charge in [0.05, 0.1) is 11.7 Å². The molecule has 29 heavy (non-hydrogen) atoms. The number of benzene rings is 2. The van der Waals surface area contributed by atoms with E-state index in [0.717, 1.165) is 30.5 Å². The standard InChI is InChI=1S/C23H30N2O3S/c1-2-19-12-14-22(15-13-19)24-23(26)21-11-6-16-25(18-21)29(27,28)17-7-10-20-8-4-3-5-9-20/h3-5,8-9,12-15,21H,2,6-7,10-11,16-18H2,1H3,(H,24,26). The first-order valence-electron chi connectivity index (χ1n) is 10.4. The third kappa shape index (κ3) is 6.15. The van der Waals surface area contributed by atoms with Crippen LogP contribution in [-0.4, -0.2) is 37.5 Å². The van der Waals surface area contributed by atoms with Gasteiger partial charge in [-0.25, -0.2) is 12.7 Å². The Morgan fingerprint density at radius 2 is 1.79 bits per heavy atom. The van der Waals surface area contributed by atoms with E-state index in [1.54, 1.807) is 0 Å². The maximum atomic E-state index is 12.8. The summed E-state index contributed by atoms with van der Waals surface area (Å²) < 4.78 is 27.0. The van der Waals surface area contributed by atoms with E-state index >= 15 is 0 Å². The average molecular weight is 415 g/mol. The predicted octanol–water partition coefficient (Wildman–Crippen LogP) is 3.86. The summed E-state index contributed by atoms with van der Waals surface area (Å²) in [6.45, 7) is 2.86. The highest BCUT2D eigenvalue weighted by Crippen LogP contribution is 2.22. The molecule has 2 aromatic carbocycles. The molecule has 1 aliphatic heterocycles. The van der Waals surface area contributed by atoms with Gasteiger partial charge in [0.25, 0.3) is 0 Å². The van der Waals surface area contributed by atoms with Crippen LogP contribution in [0.15, 0.2) is 54.6 Å². The number of rotatable bonds is 8. The van der Waals surface area contributed by atoms with Crippen molar-refractivity contribution in [3.8, 4) is 0 Å². The monoisotopic (exact) mass is 414 g/mol. The molecule has 0 spiro atoms. The molecular formula is C23H30N2O3S. The largest absolute Gasteiger partial charge is 0.326 e. The van der Waals surface area contributed by atoms with Crippen LogP contribution in [-0.2, 0) is 27.7 Å². The molecule has 1 aliphatic rings. The van der Waals surface area contributed by atoms with Crippen molar-refractivity contribution in [1.29, 1.82) is 0 Å². The lowest BCUT2D eigenvalue weighted by Crippen LogP contribution is -2.44. The van der Waals surface area contributed by atoms with Gasteiger partial charge in [-0.05, 0) is 55.4 Å². The van der Waals surface area contributed by atoms with Crippen molar-refractivity contribution in [2.45, 2.75) is 39.0 Å². The van der Waals surface area contributed by atoms with E-state index < -0.39 is 10.0 Å². The lowest BCUT2D eigenvalue weighted by atomic mass is 9.98. The van der Waals surface area contributed by atoms with Gasteiger partial charge in [0, 0.05) is 18.8 Å². The van der Waals surface area contributed by atoms with Gasteiger partial charge >= 0.3 is 0 Å². The molecule has 1 N–H and O–H groups in total. The van der Waals surface area contributed by atoms with E-state index in [1.807, 2.05) is 54.6 Å². The van der Waals surface area contributed by atoms with Gasteiger partial charge in [-0.2, -0.15) is 0 Å². The molecule has 1 fully saturated rings. The number of hydrogen-bond donors (Lipinski definition) is 1. The van der Waals surface area contributed by atoms with E-state index in [1.165, 1.54) is 9.87 Å². The normalized spacial score (nSPS) is 17.8. The number of carbonyl (C=O) groups is 1. The van der Waals surface area contributed by atoms with Crippen molar-refractivity contribution in [2.75, 3.05) is 24.2 Å². The quantitative estimate of drug-likeness (QED) is 0.713. The Labute approximate surface area is 174 Å². The van der Waals surface area contributed by atoms with E-state index in [4.69, 9.17) is 0 Å². The fourth-order valence-corrected chi connectivity index (χ4v) is 5.29.